The largest absolute Gasteiger partial charge is 0.416 e. The Morgan fingerprint density at radius 3 is 2.75 bits per heavy atom. The SMILES string of the molecule is C=CCNc1nccn1-c1cc(C(F)(F)F)ccc1F. The van der Waals surface area contributed by atoms with Crippen molar-refractivity contribution >= 4 is 5.95 Å². The molecule has 0 aliphatic carbocycles. The second kappa shape index (κ2) is 5.36. The zero-order chi connectivity index (χ0) is 14.8. The third kappa shape index (κ3) is 2.81. The lowest BCUT2D eigenvalue weighted by Gasteiger charge is -2.12. The average molecular weight is 285 g/mol. The summed E-state index contributed by atoms with van der Waals surface area (Å²) in [7, 11) is 0. The van der Waals surface area contributed by atoms with Crippen molar-refractivity contribution in [3.63, 3.8) is 0 Å². The molecule has 0 saturated carbocycles. The van der Waals surface area contributed by atoms with E-state index in [1.54, 1.807) is 6.08 Å². The van der Waals surface area contributed by atoms with Gasteiger partial charge in [-0.05, 0) is 18.2 Å². The van der Waals surface area contributed by atoms with E-state index < -0.39 is 17.6 Å². The van der Waals surface area contributed by atoms with Gasteiger partial charge in [0, 0.05) is 18.9 Å². The summed E-state index contributed by atoms with van der Waals surface area (Å²) in [5.41, 5.74) is -1.14. The molecule has 0 bridgehead atoms. The molecule has 3 nitrogen and oxygen atoms in total. The number of imidazole rings is 1. The highest BCUT2D eigenvalue weighted by Gasteiger charge is 2.31. The molecule has 0 amide bonds. The molecule has 0 radical (unpaired) electrons. The smallest absolute Gasteiger partial charge is 0.352 e. The molecule has 2 rings (SSSR count). The standard InChI is InChI=1S/C13H11F4N3/c1-2-5-18-12-19-6-7-20(12)11-8-9(13(15,16)17)3-4-10(11)14/h2-4,6-8H,1,5H2,(H,18,19). The Morgan fingerprint density at radius 1 is 1.35 bits per heavy atom. The van der Waals surface area contributed by atoms with Gasteiger partial charge in [-0.15, -0.1) is 6.58 Å². The molecule has 0 aliphatic heterocycles. The quantitative estimate of drug-likeness (QED) is 0.686. The highest BCUT2D eigenvalue weighted by Crippen LogP contribution is 2.31. The number of nitrogens with one attached hydrogen (secondary N) is 1. The summed E-state index contributed by atoms with van der Waals surface area (Å²) in [6.07, 6.45) is -0.228. The van der Waals surface area contributed by atoms with Crippen LogP contribution in [0.4, 0.5) is 23.5 Å². The molecule has 7 heteroatoms. The van der Waals surface area contributed by atoms with E-state index in [1.807, 2.05) is 0 Å². The number of rotatable bonds is 4. The molecule has 0 fully saturated rings. The average Bonchev–Trinajstić information content (AvgIpc) is 2.83. The van der Waals surface area contributed by atoms with Crippen LogP contribution in [0.3, 0.4) is 0 Å². The number of anilines is 1. The van der Waals surface area contributed by atoms with Gasteiger partial charge < -0.3 is 5.32 Å². The molecule has 106 valence electrons. The maximum Gasteiger partial charge on any atom is 0.416 e. The Bertz CT molecular complexity index is 616. The molecular weight excluding hydrogens is 274 g/mol. The first kappa shape index (κ1) is 14.1. The lowest BCUT2D eigenvalue weighted by molar-refractivity contribution is -0.137. The summed E-state index contributed by atoms with van der Waals surface area (Å²) in [5, 5.41) is 2.81. The van der Waals surface area contributed by atoms with Gasteiger partial charge in [0.2, 0.25) is 5.95 Å². The second-order valence-corrected chi connectivity index (χ2v) is 3.95. The van der Waals surface area contributed by atoms with Crippen molar-refractivity contribution in [2.45, 2.75) is 6.18 Å². The van der Waals surface area contributed by atoms with Gasteiger partial charge in [-0.2, -0.15) is 13.2 Å². The van der Waals surface area contributed by atoms with E-state index in [2.05, 4.69) is 16.9 Å². The van der Waals surface area contributed by atoms with Crippen LogP contribution in [0.2, 0.25) is 0 Å². The minimum absolute atomic E-state index is 0.219. The molecule has 0 unspecified atom stereocenters. The van der Waals surface area contributed by atoms with Crippen molar-refractivity contribution in [3.05, 3.63) is 54.6 Å². The van der Waals surface area contributed by atoms with Gasteiger partial charge in [-0.1, -0.05) is 6.08 Å². The Hall–Kier alpha value is -2.31. The van der Waals surface area contributed by atoms with Crippen LogP contribution in [0.5, 0.6) is 0 Å². The summed E-state index contributed by atoms with van der Waals surface area (Å²) < 4.78 is 53.0. The minimum Gasteiger partial charge on any atom is -0.352 e. The predicted molar refractivity (Wildman–Crippen MR) is 67.2 cm³/mol. The number of nitrogens with zero attached hydrogens (tertiary/aromatic N) is 2. The van der Waals surface area contributed by atoms with Crippen molar-refractivity contribution in [2.24, 2.45) is 0 Å². The van der Waals surface area contributed by atoms with Crippen LogP contribution in [-0.4, -0.2) is 16.1 Å². The topological polar surface area (TPSA) is 29.9 Å². The molecule has 0 spiro atoms. The van der Waals surface area contributed by atoms with Gasteiger partial charge in [-0.3, -0.25) is 4.57 Å². The molecule has 0 atom stereocenters. The van der Waals surface area contributed by atoms with Crippen LogP contribution in [0.1, 0.15) is 5.56 Å². The van der Waals surface area contributed by atoms with Crippen LogP contribution in [0, 0.1) is 5.82 Å². The lowest BCUT2D eigenvalue weighted by atomic mass is 10.2. The number of alkyl halides is 3. The van der Waals surface area contributed by atoms with Gasteiger partial charge in [0.25, 0.3) is 0 Å². The summed E-state index contributed by atoms with van der Waals surface area (Å²) in [6.45, 7) is 3.86. The van der Waals surface area contributed by atoms with E-state index in [9.17, 15) is 17.6 Å². The fraction of sp³-hybridized carbons (Fsp3) is 0.154. The number of hydrogen-bond acceptors (Lipinski definition) is 2. The molecular formula is C13H11F4N3. The molecule has 1 heterocycles. The first-order chi connectivity index (χ1) is 9.43. The highest BCUT2D eigenvalue weighted by atomic mass is 19.4. The third-order valence-electron chi connectivity index (χ3n) is 2.58. The van der Waals surface area contributed by atoms with Crippen molar-refractivity contribution in [2.75, 3.05) is 11.9 Å². The van der Waals surface area contributed by atoms with Gasteiger partial charge in [0.15, 0.2) is 0 Å². The first-order valence-corrected chi connectivity index (χ1v) is 5.68. The molecule has 1 aromatic heterocycles. The molecule has 20 heavy (non-hydrogen) atoms. The van der Waals surface area contributed by atoms with Crippen LogP contribution in [0.25, 0.3) is 5.69 Å². The summed E-state index contributed by atoms with van der Waals surface area (Å²) >= 11 is 0. The highest BCUT2D eigenvalue weighted by molar-refractivity contribution is 5.45. The number of benzene rings is 1. The van der Waals surface area contributed by atoms with Gasteiger partial charge >= 0.3 is 6.18 Å². The fourth-order valence-corrected chi connectivity index (χ4v) is 1.67. The maximum absolute atomic E-state index is 13.8. The van der Waals surface area contributed by atoms with Crippen LogP contribution in [-0.2, 0) is 6.18 Å². The Morgan fingerprint density at radius 2 is 2.10 bits per heavy atom. The zero-order valence-electron chi connectivity index (χ0n) is 10.3. The summed E-state index contributed by atoms with van der Waals surface area (Å²) in [6, 6.07) is 2.23. The molecule has 0 saturated heterocycles. The third-order valence-corrected chi connectivity index (χ3v) is 2.58. The van der Waals surface area contributed by atoms with E-state index >= 15 is 0 Å². The summed E-state index contributed by atoms with van der Waals surface area (Å²) in [5.74, 6) is -0.527. The van der Waals surface area contributed by atoms with Crippen LogP contribution >= 0.6 is 0 Å². The molecule has 2 aromatic rings. The number of hydrogen-bond donors (Lipinski definition) is 1. The Kier molecular flexibility index (Phi) is 3.78. The number of aromatic nitrogens is 2. The van der Waals surface area contributed by atoms with Gasteiger partial charge in [0.1, 0.15) is 5.82 Å². The van der Waals surface area contributed by atoms with Crippen LogP contribution in [0.15, 0.2) is 43.2 Å². The van der Waals surface area contributed by atoms with E-state index in [0.717, 1.165) is 12.1 Å². The van der Waals surface area contributed by atoms with Gasteiger partial charge in [-0.25, -0.2) is 9.37 Å². The fourth-order valence-electron chi connectivity index (χ4n) is 1.67. The van der Waals surface area contributed by atoms with Crippen molar-refractivity contribution in [3.8, 4) is 5.69 Å². The minimum atomic E-state index is -4.53. The van der Waals surface area contributed by atoms with Crippen molar-refractivity contribution in [1.29, 1.82) is 0 Å². The van der Waals surface area contributed by atoms with E-state index in [4.69, 9.17) is 0 Å². The van der Waals surface area contributed by atoms with Crippen molar-refractivity contribution in [1.82, 2.24) is 9.55 Å². The van der Waals surface area contributed by atoms with Crippen molar-refractivity contribution < 1.29 is 17.6 Å². The molecule has 1 N–H and O–H groups in total. The second-order valence-electron chi connectivity index (χ2n) is 3.95. The summed E-state index contributed by atoms with van der Waals surface area (Å²) in [4.78, 5) is 3.92. The van der Waals surface area contributed by atoms with E-state index in [0.29, 0.717) is 12.6 Å². The van der Waals surface area contributed by atoms with Crippen LogP contribution < -0.4 is 5.32 Å². The lowest BCUT2D eigenvalue weighted by Crippen LogP contribution is -2.10. The molecule has 1 aromatic carbocycles. The Balaban J connectivity index is 2.47. The zero-order valence-corrected chi connectivity index (χ0v) is 10.3. The maximum atomic E-state index is 13.8. The van der Waals surface area contributed by atoms with E-state index in [1.165, 1.54) is 17.0 Å². The normalized spacial score (nSPS) is 11.4. The predicted octanol–water partition coefficient (Wildman–Crippen LogP) is 3.63. The van der Waals surface area contributed by atoms with E-state index in [-0.39, 0.29) is 11.6 Å². The monoisotopic (exact) mass is 285 g/mol. The first-order valence-electron chi connectivity index (χ1n) is 5.68. The number of halogens is 4. The molecule has 0 aliphatic rings. The van der Waals surface area contributed by atoms with Gasteiger partial charge in [0.05, 0.1) is 11.3 Å². The Labute approximate surface area is 112 Å².